The summed E-state index contributed by atoms with van der Waals surface area (Å²) in [6.45, 7) is 3.84. The zero-order valence-corrected chi connectivity index (χ0v) is 7.69. The number of hydrogen-bond acceptors (Lipinski definition) is 2. The van der Waals surface area contributed by atoms with Crippen molar-refractivity contribution in [3.8, 4) is 0 Å². The van der Waals surface area contributed by atoms with Crippen LogP contribution in [0.3, 0.4) is 0 Å². The molecule has 0 aromatic heterocycles. The average molecular weight is 178 g/mol. The van der Waals surface area contributed by atoms with Crippen LogP contribution < -0.4 is 0 Å². The summed E-state index contributed by atoms with van der Waals surface area (Å²) in [5.74, 6) is -0.141. The van der Waals surface area contributed by atoms with Gasteiger partial charge in [0.05, 0.1) is 5.75 Å². The fraction of sp³-hybridized carbons (Fsp3) is 0.714. The van der Waals surface area contributed by atoms with Crippen molar-refractivity contribution in [1.29, 1.82) is 0 Å². The molecule has 0 rings (SSSR count). The minimum Gasteiger partial charge on any atom is -0.286 e. The molecule has 0 unspecified atom stereocenters. The van der Waals surface area contributed by atoms with Crippen molar-refractivity contribution >= 4 is 10.1 Å². The van der Waals surface area contributed by atoms with Crippen LogP contribution in [0.5, 0.6) is 0 Å². The Morgan fingerprint density at radius 2 is 2.09 bits per heavy atom. The molecule has 0 aromatic rings. The monoisotopic (exact) mass is 178 g/mol. The number of rotatable bonds is 4. The summed E-state index contributed by atoms with van der Waals surface area (Å²) < 4.78 is 28.8. The average Bonchev–Trinajstić information content (AvgIpc) is 1.85. The summed E-state index contributed by atoms with van der Waals surface area (Å²) in [7, 11) is -3.76. The maximum atomic E-state index is 10.2. The SMILES string of the molecule is CC=C(C)CCCS(=O)(=O)O. The Kier molecular flexibility index (Phi) is 4.37. The van der Waals surface area contributed by atoms with Crippen molar-refractivity contribution in [2.24, 2.45) is 0 Å². The van der Waals surface area contributed by atoms with Crippen molar-refractivity contribution < 1.29 is 13.0 Å². The molecule has 0 aliphatic rings. The van der Waals surface area contributed by atoms with Gasteiger partial charge in [-0.15, -0.1) is 0 Å². The van der Waals surface area contributed by atoms with E-state index in [-0.39, 0.29) is 5.75 Å². The van der Waals surface area contributed by atoms with Crippen molar-refractivity contribution in [3.63, 3.8) is 0 Å². The molecule has 0 saturated heterocycles. The molecular weight excluding hydrogens is 164 g/mol. The topological polar surface area (TPSA) is 54.4 Å². The van der Waals surface area contributed by atoms with E-state index in [4.69, 9.17) is 4.55 Å². The number of allylic oxidation sites excluding steroid dienone is 2. The Bertz CT molecular complexity index is 226. The minimum absolute atomic E-state index is 0.141. The quantitative estimate of drug-likeness (QED) is 0.525. The lowest BCUT2D eigenvalue weighted by Crippen LogP contribution is -2.03. The first-order valence-corrected chi connectivity index (χ1v) is 5.13. The van der Waals surface area contributed by atoms with Crippen LogP contribution in [0.1, 0.15) is 26.7 Å². The molecule has 3 nitrogen and oxygen atoms in total. The van der Waals surface area contributed by atoms with E-state index in [1.807, 2.05) is 19.9 Å². The first kappa shape index (κ1) is 10.7. The molecule has 0 saturated carbocycles. The molecule has 0 atom stereocenters. The lowest BCUT2D eigenvalue weighted by atomic mass is 10.2. The van der Waals surface area contributed by atoms with Crippen LogP contribution in [0, 0.1) is 0 Å². The van der Waals surface area contributed by atoms with Gasteiger partial charge in [0.25, 0.3) is 10.1 Å². The van der Waals surface area contributed by atoms with Crippen molar-refractivity contribution in [3.05, 3.63) is 11.6 Å². The summed E-state index contributed by atoms with van der Waals surface area (Å²) >= 11 is 0. The lowest BCUT2D eigenvalue weighted by molar-refractivity contribution is 0.481. The van der Waals surface area contributed by atoms with Gasteiger partial charge in [-0.1, -0.05) is 11.6 Å². The van der Waals surface area contributed by atoms with Gasteiger partial charge in [-0.25, -0.2) is 0 Å². The third kappa shape index (κ3) is 7.55. The highest BCUT2D eigenvalue weighted by molar-refractivity contribution is 7.85. The molecule has 0 spiro atoms. The van der Waals surface area contributed by atoms with Gasteiger partial charge in [0.15, 0.2) is 0 Å². The van der Waals surface area contributed by atoms with Gasteiger partial charge in [0.1, 0.15) is 0 Å². The number of hydrogen-bond donors (Lipinski definition) is 1. The Labute approximate surface area is 67.9 Å². The minimum atomic E-state index is -3.76. The van der Waals surface area contributed by atoms with Gasteiger partial charge >= 0.3 is 0 Å². The molecule has 0 aromatic carbocycles. The molecule has 0 heterocycles. The highest BCUT2D eigenvalue weighted by Crippen LogP contribution is 2.04. The second kappa shape index (κ2) is 4.51. The van der Waals surface area contributed by atoms with E-state index in [2.05, 4.69) is 0 Å². The maximum absolute atomic E-state index is 10.2. The molecule has 0 aliphatic heterocycles. The van der Waals surface area contributed by atoms with E-state index in [9.17, 15) is 8.42 Å². The first-order chi connectivity index (χ1) is 4.95. The van der Waals surface area contributed by atoms with Gasteiger partial charge in [0, 0.05) is 0 Å². The smallest absolute Gasteiger partial charge is 0.264 e. The highest BCUT2D eigenvalue weighted by Gasteiger charge is 2.02. The van der Waals surface area contributed by atoms with Crippen LogP contribution in [0.4, 0.5) is 0 Å². The molecule has 0 bridgehead atoms. The Morgan fingerprint density at radius 1 is 1.55 bits per heavy atom. The summed E-state index contributed by atoms with van der Waals surface area (Å²) in [6.07, 6.45) is 3.16. The molecule has 0 amide bonds. The second-order valence-corrected chi connectivity index (χ2v) is 4.10. The van der Waals surface area contributed by atoms with Crippen molar-refractivity contribution in [2.45, 2.75) is 26.7 Å². The standard InChI is InChI=1S/C7H14O3S/c1-3-7(2)5-4-6-11(8,9)10/h3H,4-6H2,1-2H3,(H,8,9,10). The van der Waals surface area contributed by atoms with Crippen LogP contribution in [0.15, 0.2) is 11.6 Å². The summed E-state index contributed by atoms with van der Waals surface area (Å²) in [5.41, 5.74) is 1.15. The molecule has 11 heavy (non-hydrogen) atoms. The van der Waals surface area contributed by atoms with Gasteiger partial charge in [-0.05, 0) is 26.7 Å². The Hall–Kier alpha value is -0.350. The molecule has 4 heteroatoms. The van der Waals surface area contributed by atoms with Crippen LogP contribution in [0.25, 0.3) is 0 Å². The molecule has 0 aliphatic carbocycles. The third-order valence-electron chi connectivity index (χ3n) is 1.47. The molecule has 0 fully saturated rings. The Morgan fingerprint density at radius 3 is 2.45 bits per heavy atom. The van der Waals surface area contributed by atoms with Gasteiger partial charge in [-0.3, -0.25) is 4.55 Å². The van der Waals surface area contributed by atoms with Crippen LogP contribution >= 0.6 is 0 Å². The van der Waals surface area contributed by atoms with E-state index < -0.39 is 10.1 Å². The van der Waals surface area contributed by atoms with Crippen LogP contribution in [0.2, 0.25) is 0 Å². The molecule has 66 valence electrons. The predicted molar refractivity (Wildman–Crippen MR) is 45.1 cm³/mol. The maximum Gasteiger partial charge on any atom is 0.264 e. The van der Waals surface area contributed by atoms with Crippen molar-refractivity contribution in [1.82, 2.24) is 0 Å². The summed E-state index contributed by atoms with van der Waals surface area (Å²) in [5, 5.41) is 0. The largest absolute Gasteiger partial charge is 0.286 e. The predicted octanol–water partition coefficient (Wildman–Crippen LogP) is 1.62. The van der Waals surface area contributed by atoms with Crippen LogP contribution in [-0.4, -0.2) is 18.7 Å². The van der Waals surface area contributed by atoms with E-state index >= 15 is 0 Å². The normalized spacial score (nSPS) is 13.5. The van der Waals surface area contributed by atoms with Gasteiger partial charge < -0.3 is 0 Å². The zero-order valence-electron chi connectivity index (χ0n) is 6.87. The molecule has 1 N–H and O–H groups in total. The first-order valence-electron chi connectivity index (χ1n) is 3.52. The van der Waals surface area contributed by atoms with Crippen LogP contribution in [-0.2, 0) is 10.1 Å². The highest BCUT2D eigenvalue weighted by atomic mass is 32.2. The fourth-order valence-electron chi connectivity index (χ4n) is 0.678. The summed E-state index contributed by atoms with van der Waals surface area (Å²) in [4.78, 5) is 0. The Balaban J connectivity index is 3.60. The zero-order chi connectivity index (χ0) is 8.91. The molecular formula is C7H14O3S. The fourth-order valence-corrected chi connectivity index (χ4v) is 1.19. The van der Waals surface area contributed by atoms with Gasteiger partial charge in [-0.2, -0.15) is 8.42 Å². The van der Waals surface area contributed by atoms with E-state index in [1.54, 1.807) is 0 Å². The van der Waals surface area contributed by atoms with E-state index in [0.717, 1.165) is 12.0 Å². The van der Waals surface area contributed by atoms with Gasteiger partial charge in [0.2, 0.25) is 0 Å². The lowest BCUT2D eigenvalue weighted by Gasteiger charge is -1.97. The third-order valence-corrected chi connectivity index (χ3v) is 2.27. The second-order valence-electron chi connectivity index (χ2n) is 2.52. The molecule has 0 radical (unpaired) electrons. The summed E-state index contributed by atoms with van der Waals surface area (Å²) in [6, 6.07) is 0. The van der Waals surface area contributed by atoms with E-state index in [0.29, 0.717) is 6.42 Å². The van der Waals surface area contributed by atoms with Crippen molar-refractivity contribution in [2.75, 3.05) is 5.75 Å². The van der Waals surface area contributed by atoms with E-state index in [1.165, 1.54) is 0 Å².